The zero-order valence-electron chi connectivity index (χ0n) is 27.3. The average Bonchev–Trinajstić information content (AvgIpc) is 3.00. The summed E-state index contributed by atoms with van der Waals surface area (Å²) < 4.78 is 40.2. The quantitative estimate of drug-likeness (QED) is 0.380. The van der Waals surface area contributed by atoms with Crippen molar-refractivity contribution in [3.63, 3.8) is 0 Å². The Morgan fingerprint density at radius 2 is 1.62 bits per heavy atom. The predicted molar refractivity (Wildman–Crippen MR) is 173 cm³/mol. The van der Waals surface area contributed by atoms with Gasteiger partial charge in [-0.15, -0.1) is 0 Å². The van der Waals surface area contributed by atoms with E-state index in [-0.39, 0.29) is 29.2 Å². The van der Waals surface area contributed by atoms with Gasteiger partial charge in [0.05, 0.1) is 17.4 Å². The lowest BCUT2D eigenvalue weighted by Gasteiger charge is -2.33. The molecule has 11 nitrogen and oxygen atoms in total. The van der Waals surface area contributed by atoms with E-state index < -0.39 is 34.3 Å². The van der Waals surface area contributed by atoms with E-state index in [0.717, 1.165) is 18.7 Å². The van der Waals surface area contributed by atoms with E-state index in [9.17, 15) is 23.1 Å². The van der Waals surface area contributed by atoms with Crippen LogP contribution in [-0.4, -0.2) is 129 Å². The van der Waals surface area contributed by atoms with Crippen molar-refractivity contribution in [3.8, 4) is 0 Å². The number of sulfonamides is 1. The van der Waals surface area contributed by atoms with Gasteiger partial charge < -0.3 is 29.3 Å². The number of cyclic esters (lactones) is 1. The summed E-state index contributed by atoms with van der Waals surface area (Å²) in [5.74, 6) is -0.871. The molecule has 1 N–H and O–H groups in total. The van der Waals surface area contributed by atoms with Gasteiger partial charge in [-0.1, -0.05) is 38.1 Å². The van der Waals surface area contributed by atoms with Gasteiger partial charge in [-0.25, -0.2) is 13.2 Å². The highest BCUT2D eigenvalue weighted by Gasteiger charge is 2.30. The molecule has 12 heteroatoms. The number of carbonyl (C=O) groups is 2. The highest BCUT2D eigenvalue weighted by atomic mass is 32.2. The van der Waals surface area contributed by atoms with E-state index in [1.807, 2.05) is 59.2 Å². The van der Waals surface area contributed by atoms with Crippen molar-refractivity contribution in [2.75, 3.05) is 66.5 Å². The predicted octanol–water partition coefficient (Wildman–Crippen LogP) is 3.06. The number of rotatable bonds is 5. The maximum atomic E-state index is 13.4. The molecule has 3 aliphatic rings. The van der Waals surface area contributed by atoms with Crippen molar-refractivity contribution < 1.29 is 32.6 Å². The van der Waals surface area contributed by atoms with E-state index in [0.29, 0.717) is 57.7 Å². The van der Waals surface area contributed by atoms with Crippen LogP contribution >= 0.6 is 0 Å². The third-order valence-electron chi connectivity index (χ3n) is 9.06. The van der Waals surface area contributed by atoms with Gasteiger partial charge in [-0.05, 0) is 69.1 Å². The molecule has 2 saturated heterocycles. The van der Waals surface area contributed by atoms with Crippen LogP contribution in [0.25, 0.3) is 6.08 Å². The van der Waals surface area contributed by atoms with Crippen LogP contribution in [0.2, 0.25) is 0 Å². The lowest BCUT2D eigenvalue weighted by Crippen LogP contribution is -2.48. The summed E-state index contributed by atoms with van der Waals surface area (Å²) in [4.78, 5) is 32.2. The van der Waals surface area contributed by atoms with E-state index >= 15 is 0 Å². The van der Waals surface area contributed by atoms with Crippen molar-refractivity contribution >= 4 is 28.2 Å². The average molecular weight is 647 g/mol. The molecule has 250 valence electrons. The molecule has 0 unspecified atom stereocenters. The molecule has 3 aliphatic heterocycles. The minimum absolute atomic E-state index is 0.0740. The Labute approximate surface area is 268 Å². The number of carbonyl (C=O) groups excluding carboxylic acids is 2. The second-order valence-electron chi connectivity index (χ2n) is 12.9. The monoisotopic (exact) mass is 646 g/mol. The number of hydrogen-bond acceptors (Lipinski definition) is 9. The van der Waals surface area contributed by atoms with Crippen molar-refractivity contribution in [3.05, 3.63) is 47.6 Å². The van der Waals surface area contributed by atoms with Gasteiger partial charge in [-0.2, -0.15) is 4.31 Å². The summed E-state index contributed by atoms with van der Waals surface area (Å²) >= 11 is 0. The summed E-state index contributed by atoms with van der Waals surface area (Å²) in [6.07, 6.45) is 4.00. The van der Waals surface area contributed by atoms with Gasteiger partial charge in [0.2, 0.25) is 10.0 Å². The Bertz CT molecular complexity index is 1330. The first-order chi connectivity index (χ1) is 21.3. The lowest BCUT2D eigenvalue weighted by atomic mass is 9.91. The number of aliphatic hydroxyl groups is 1. The Balaban J connectivity index is 1.56. The number of esters is 1. The third kappa shape index (κ3) is 9.62. The van der Waals surface area contributed by atoms with Crippen molar-refractivity contribution in [2.24, 2.45) is 11.8 Å². The van der Waals surface area contributed by atoms with Gasteiger partial charge in [0.25, 0.3) is 0 Å². The molecule has 5 atom stereocenters. The number of likely N-dealkylation sites (N-methyl/N-ethyl adjacent to an activating group) is 2. The number of aliphatic hydroxyl groups excluding tert-OH is 1. The van der Waals surface area contributed by atoms with Gasteiger partial charge in [0, 0.05) is 58.3 Å². The van der Waals surface area contributed by atoms with E-state index in [1.165, 1.54) is 4.31 Å². The molecule has 0 radical (unpaired) electrons. The van der Waals surface area contributed by atoms with Crippen LogP contribution in [0.15, 0.2) is 46.9 Å². The van der Waals surface area contributed by atoms with Crippen molar-refractivity contribution in [1.82, 2.24) is 19.0 Å². The van der Waals surface area contributed by atoms with Gasteiger partial charge in [-0.3, -0.25) is 4.79 Å². The zero-order valence-corrected chi connectivity index (χ0v) is 28.1. The Hall–Kier alpha value is -2.77. The fourth-order valence-corrected chi connectivity index (χ4v) is 7.39. The number of ether oxygens (including phenoxy) is 2. The molecular formula is C33H50N4O7S. The van der Waals surface area contributed by atoms with E-state index in [4.69, 9.17) is 9.47 Å². The molecule has 0 bridgehead atoms. The Kier molecular flexibility index (Phi) is 12.2. The molecule has 1 aromatic carbocycles. The number of nitrogens with zero attached hydrogens (tertiary/aromatic N) is 4. The van der Waals surface area contributed by atoms with Crippen LogP contribution in [0.1, 0.15) is 45.6 Å². The van der Waals surface area contributed by atoms with Gasteiger partial charge in [0.1, 0.15) is 12.2 Å². The molecule has 0 aromatic heterocycles. The molecular weight excluding hydrogens is 596 g/mol. The van der Waals surface area contributed by atoms with Crippen molar-refractivity contribution in [1.29, 1.82) is 0 Å². The Morgan fingerprint density at radius 1 is 0.978 bits per heavy atom. The number of amides is 1. The molecule has 2 fully saturated rings. The maximum absolute atomic E-state index is 13.4. The molecule has 3 heterocycles. The van der Waals surface area contributed by atoms with E-state index in [2.05, 4.69) is 9.80 Å². The molecule has 4 rings (SSSR count). The minimum atomic E-state index is -3.65. The zero-order chi connectivity index (χ0) is 32.7. The molecule has 0 spiro atoms. The third-order valence-corrected chi connectivity index (χ3v) is 11.0. The summed E-state index contributed by atoms with van der Waals surface area (Å²) in [7, 11) is 0.358. The fourth-order valence-electron chi connectivity index (χ4n) is 5.92. The standard InChI is InChI=1S/C33H50N4O7S/c1-24-9-11-28(38)23-31(39)44-32(25(2)10-12-30(24)43-33(40)36-17-13-34(4)14-18-36)26(3)21-27-7-6-8-29(22-27)45(41,42)37-19-15-35(5)16-20-37/h6-8,10,12,21-22,24-25,28,30,32,38H,9,11,13-20,23H2,1-5H3/b12-10+,26-21+/t24-,25-,28+,30+,32-/m0/s1. The number of piperazine rings is 2. The normalized spacial score (nSPS) is 29.7. The molecule has 0 saturated carbocycles. The van der Waals surface area contributed by atoms with Crippen LogP contribution < -0.4 is 0 Å². The summed E-state index contributed by atoms with van der Waals surface area (Å²) in [5, 5.41) is 10.6. The highest BCUT2D eigenvalue weighted by Crippen LogP contribution is 2.27. The first kappa shape index (κ1) is 35.1. The maximum Gasteiger partial charge on any atom is 0.410 e. The number of benzene rings is 1. The number of hydrogen-bond donors (Lipinski definition) is 1. The van der Waals surface area contributed by atoms with Crippen LogP contribution in [0, 0.1) is 11.8 Å². The second kappa shape index (κ2) is 15.7. The van der Waals surface area contributed by atoms with Crippen LogP contribution in [0.5, 0.6) is 0 Å². The fraction of sp³-hybridized carbons (Fsp3) is 0.636. The van der Waals surface area contributed by atoms with Crippen LogP contribution in [0.3, 0.4) is 0 Å². The molecule has 0 aliphatic carbocycles. The van der Waals surface area contributed by atoms with Gasteiger partial charge in [0.15, 0.2) is 0 Å². The summed E-state index contributed by atoms with van der Waals surface area (Å²) in [6, 6.07) is 6.79. The van der Waals surface area contributed by atoms with E-state index in [1.54, 1.807) is 23.1 Å². The molecule has 1 amide bonds. The van der Waals surface area contributed by atoms with Gasteiger partial charge >= 0.3 is 12.1 Å². The first-order valence-electron chi connectivity index (χ1n) is 16.0. The minimum Gasteiger partial charge on any atom is -0.457 e. The SMILES string of the molecule is C/C(=C\c1cccc(S(=O)(=O)N2CCN(C)CC2)c1)[C@H]1OC(=O)C[C@H](O)CC[C@H](C)[C@H](OC(=O)N2CCN(C)CC2)/C=C/[C@@H]1C. The van der Waals surface area contributed by atoms with Crippen LogP contribution in [0.4, 0.5) is 4.79 Å². The molecule has 1 aromatic rings. The Morgan fingerprint density at radius 3 is 2.29 bits per heavy atom. The first-order valence-corrected chi connectivity index (χ1v) is 17.4. The second-order valence-corrected chi connectivity index (χ2v) is 14.8. The van der Waals surface area contributed by atoms with Crippen molar-refractivity contribution in [2.45, 2.75) is 63.2 Å². The largest absolute Gasteiger partial charge is 0.457 e. The summed E-state index contributed by atoms with van der Waals surface area (Å²) in [6.45, 7) is 10.8. The lowest BCUT2D eigenvalue weighted by molar-refractivity contribution is -0.151. The smallest absolute Gasteiger partial charge is 0.410 e. The molecule has 45 heavy (non-hydrogen) atoms. The summed E-state index contributed by atoms with van der Waals surface area (Å²) in [5.41, 5.74) is 1.40. The topological polar surface area (TPSA) is 120 Å². The highest BCUT2D eigenvalue weighted by molar-refractivity contribution is 7.89. The van der Waals surface area contributed by atoms with Crippen LogP contribution in [-0.2, 0) is 24.3 Å².